The van der Waals surface area contributed by atoms with E-state index < -0.39 is 12.1 Å². The van der Waals surface area contributed by atoms with Crippen molar-refractivity contribution < 1.29 is 9.59 Å². The summed E-state index contributed by atoms with van der Waals surface area (Å²) < 4.78 is 0. The third-order valence-electron chi connectivity index (χ3n) is 2.72. The predicted octanol–water partition coefficient (Wildman–Crippen LogP) is 0.348. The monoisotopic (exact) mass is 213 g/mol. The lowest BCUT2D eigenvalue weighted by molar-refractivity contribution is -0.124. The van der Waals surface area contributed by atoms with E-state index in [4.69, 9.17) is 5.73 Å². The largest absolute Gasteiger partial charge is 0.352 e. The Morgan fingerprint density at radius 1 is 1.47 bits per heavy atom. The maximum Gasteiger partial charge on any atom is 0.312 e. The van der Waals surface area contributed by atoms with E-state index in [9.17, 15) is 9.59 Å². The van der Waals surface area contributed by atoms with Crippen LogP contribution >= 0.6 is 0 Å². The van der Waals surface area contributed by atoms with Crippen LogP contribution in [0.2, 0.25) is 0 Å². The number of primary amides is 1. The van der Waals surface area contributed by atoms with Crippen LogP contribution in [0, 0.1) is 5.92 Å². The van der Waals surface area contributed by atoms with Gasteiger partial charge in [-0.2, -0.15) is 0 Å². The smallest absolute Gasteiger partial charge is 0.312 e. The molecular weight excluding hydrogens is 194 g/mol. The van der Waals surface area contributed by atoms with Gasteiger partial charge in [0.25, 0.3) is 0 Å². The SMILES string of the molecule is CC[C@@H](C)[C@H](NC(N)=O)C(=O)NC1CC1. The number of carbonyl (C=O) groups excluding carboxylic acids is 2. The fourth-order valence-electron chi connectivity index (χ4n) is 1.37. The quantitative estimate of drug-likeness (QED) is 0.615. The molecule has 0 aliphatic heterocycles. The highest BCUT2D eigenvalue weighted by Gasteiger charge is 2.30. The van der Waals surface area contributed by atoms with Crippen molar-refractivity contribution in [3.63, 3.8) is 0 Å². The molecule has 86 valence electrons. The number of hydrogen-bond acceptors (Lipinski definition) is 2. The van der Waals surface area contributed by atoms with Gasteiger partial charge in [-0.25, -0.2) is 4.79 Å². The van der Waals surface area contributed by atoms with E-state index >= 15 is 0 Å². The van der Waals surface area contributed by atoms with E-state index in [1.54, 1.807) is 0 Å². The van der Waals surface area contributed by atoms with E-state index in [-0.39, 0.29) is 11.8 Å². The summed E-state index contributed by atoms with van der Waals surface area (Å²) in [7, 11) is 0. The molecule has 5 nitrogen and oxygen atoms in total. The summed E-state index contributed by atoms with van der Waals surface area (Å²) in [5.41, 5.74) is 5.04. The molecule has 0 aromatic rings. The van der Waals surface area contributed by atoms with Crippen LogP contribution in [0.1, 0.15) is 33.1 Å². The minimum absolute atomic E-state index is 0.0937. The fourth-order valence-corrected chi connectivity index (χ4v) is 1.37. The van der Waals surface area contributed by atoms with Crippen LogP contribution in [0.15, 0.2) is 0 Å². The molecule has 4 N–H and O–H groups in total. The highest BCUT2D eigenvalue weighted by Crippen LogP contribution is 2.19. The van der Waals surface area contributed by atoms with Gasteiger partial charge in [-0.1, -0.05) is 20.3 Å². The Morgan fingerprint density at radius 2 is 2.07 bits per heavy atom. The molecular formula is C10H19N3O2. The van der Waals surface area contributed by atoms with Gasteiger partial charge in [0.15, 0.2) is 0 Å². The van der Waals surface area contributed by atoms with Crippen molar-refractivity contribution in [3.05, 3.63) is 0 Å². The Labute approximate surface area is 89.8 Å². The molecule has 15 heavy (non-hydrogen) atoms. The highest BCUT2D eigenvalue weighted by molar-refractivity contribution is 5.87. The van der Waals surface area contributed by atoms with Gasteiger partial charge >= 0.3 is 6.03 Å². The lowest BCUT2D eigenvalue weighted by Gasteiger charge is -2.22. The van der Waals surface area contributed by atoms with E-state index in [1.807, 2.05) is 13.8 Å². The molecule has 2 atom stereocenters. The number of nitrogens with one attached hydrogen (secondary N) is 2. The number of nitrogens with two attached hydrogens (primary N) is 1. The van der Waals surface area contributed by atoms with Crippen LogP contribution in [-0.4, -0.2) is 24.0 Å². The molecule has 0 unspecified atom stereocenters. The summed E-state index contributed by atoms with van der Waals surface area (Å²) in [5.74, 6) is -0.0260. The number of hydrogen-bond donors (Lipinski definition) is 3. The van der Waals surface area contributed by atoms with Crippen molar-refractivity contribution in [3.8, 4) is 0 Å². The molecule has 1 aliphatic carbocycles. The normalized spacial score (nSPS) is 19.1. The van der Waals surface area contributed by atoms with E-state index in [2.05, 4.69) is 10.6 Å². The fraction of sp³-hybridized carbons (Fsp3) is 0.800. The Balaban J connectivity index is 2.52. The lowest BCUT2D eigenvalue weighted by Crippen LogP contribution is -2.52. The van der Waals surface area contributed by atoms with E-state index in [0.717, 1.165) is 19.3 Å². The van der Waals surface area contributed by atoms with E-state index in [1.165, 1.54) is 0 Å². The average Bonchev–Trinajstić information content (AvgIpc) is 2.96. The van der Waals surface area contributed by atoms with Gasteiger partial charge < -0.3 is 16.4 Å². The van der Waals surface area contributed by atoms with Gasteiger partial charge in [0.05, 0.1) is 0 Å². The van der Waals surface area contributed by atoms with Gasteiger partial charge in [0.1, 0.15) is 6.04 Å². The molecule has 0 bridgehead atoms. The van der Waals surface area contributed by atoms with Crippen LogP contribution in [0.4, 0.5) is 4.79 Å². The second-order valence-electron chi connectivity index (χ2n) is 4.15. The number of amides is 3. The van der Waals surface area contributed by atoms with Crippen molar-refractivity contribution in [1.82, 2.24) is 10.6 Å². The molecule has 0 saturated heterocycles. The van der Waals surface area contributed by atoms with Crippen LogP contribution < -0.4 is 16.4 Å². The van der Waals surface area contributed by atoms with Crippen LogP contribution in [-0.2, 0) is 4.79 Å². The Hall–Kier alpha value is -1.26. The van der Waals surface area contributed by atoms with Gasteiger partial charge in [-0.05, 0) is 18.8 Å². The standard InChI is InChI=1S/C10H19N3O2/c1-3-6(2)8(13-10(11)15)9(14)12-7-4-5-7/h6-8H,3-5H2,1-2H3,(H,12,14)(H3,11,13,15)/t6-,8+/m1/s1. The number of carbonyl (C=O) groups is 2. The molecule has 0 aromatic carbocycles. The van der Waals surface area contributed by atoms with Gasteiger partial charge in [-0.15, -0.1) is 0 Å². The minimum Gasteiger partial charge on any atom is -0.352 e. The van der Waals surface area contributed by atoms with Gasteiger partial charge in [-0.3, -0.25) is 4.79 Å². The summed E-state index contributed by atoms with van der Waals surface area (Å²) in [6.07, 6.45) is 2.90. The molecule has 0 spiro atoms. The third kappa shape index (κ3) is 3.77. The summed E-state index contributed by atoms with van der Waals surface area (Å²) in [5, 5.41) is 5.36. The second-order valence-corrected chi connectivity index (χ2v) is 4.15. The maximum atomic E-state index is 11.7. The molecule has 3 amide bonds. The zero-order valence-corrected chi connectivity index (χ0v) is 9.25. The summed E-state index contributed by atoms with van der Waals surface area (Å²) >= 11 is 0. The van der Waals surface area contributed by atoms with E-state index in [0.29, 0.717) is 6.04 Å². The first-order chi connectivity index (χ1) is 7.04. The van der Waals surface area contributed by atoms with Crippen LogP contribution in [0.25, 0.3) is 0 Å². The van der Waals surface area contributed by atoms with Crippen molar-refractivity contribution >= 4 is 11.9 Å². The molecule has 1 saturated carbocycles. The first-order valence-electron chi connectivity index (χ1n) is 5.41. The number of rotatable bonds is 5. The summed E-state index contributed by atoms with van der Waals surface area (Å²) in [6, 6.07) is -0.849. The Kier molecular flexibility index (Phi) is 3.94. The molecule has 0 heterocycles. The van der Waals surface area contributed by atoms with Gasteiger partial charge in [0, 0.05) is 6.04 Å². The summed E-state index contributed by atoms with van der Waals surface area (Å²) in [6.45, 7) is 3.90. The minimum atomic E-state index is -0.647. The predicted molar refractivity (Wildman–Crippen MR) is 57.1 cm³/mol. The highest BCUT2D eigenvalue weighted by atomic mass is 16.2. The zero-order chi connectivity index (χ0) is 11.4. The molecule has 1 aliphatic rings. The first-order valence-corrected chi connectivity index (χ1v) is 5.41. The molecule has 0 aromatic heterocycles. The van der Waals surface area contributed by atoms with Crippen LogP contribution in [0.3, 0.4) is 0 Å². The average molecular weight is 213 g/mol. The number of urea groups is 1. The molecule has 1 fully saturated rings. The topological polar surface area (TPSA) is 84.2 Å². The Bertz CT molecular complexity index is 251. The van der Waals surface area contributed by atoms with Crippen molar-refractivity contribution in [2.75, 3.05) is 0 Å². The first kappa shape index (κ1) is 11.8. The maximum absolute atomic E-state index is 11.7. The van der Waals surface area contributed by atoms with Crippen molar-refractivity contribution in [2.45, 2.75) is 45.2 Å². The van der Waals surface area contributed by atoms with Crippen molar-refractivity contribution in [2.24, 2.45) is 11.7 Å². The van der Waals surface area contributed by atoms with Crippen LogP contribution in [0.5, 0.6) is 0 Å². The Morgan fingerprint density at radius 3 is 2.47 bits per heavy atom. The third-order valence-corrected chi connectivity index (χ3v) is 2.72. The summed E-state index contributed by atoms with van der Waals surface area (Å²) in [4.78, 5) is 22.5. The zero-order valence-electron chi connectivity index (χ0n) is 9.25. The molecule has 1 rings (SSSR count). The second kappa shape index (κ2) is 5.00. The van der Waals surface area contributed by atoms with Crippen molar-refractivity contribution in [1.29, 1.82) is 0 Å². The lowest BCUT2D eigenvalue weighted by atomic mass is 9.98. The molecule has 0 radical (unpaired) electrons. The molecule has 5 heteroatoms. The van der Waals surface area contributed by atoms with Gasteiger partial charge in [0.2, 0.25) is 5.91 Å².